The van der Waals surface area contributed by atoms with Crippen LogP contribution in [0.2, 0.25) is 0 Å². The highest BCUT2D eigenvalue weighted by Crippen LogP contribution is 2.29. The monoisotopic (exact) mass is 225 g/mol. The lowest BCUT2D eigenvalue weighted by atomic mass is 10.1. The zero-order valence-corrected chi connectivity index (χ0v) is 9.01. The lowest BCUT2D eigenvalue weighted by Gasteiger charge is -2.00. The highest BCUT2D eigenvalue weighted by atomic mass is 15.2. The van der Waals surface area contributed by atoms with E-state index < -0.39 is 0 Å². The van der Waals surface area contributed by atoms with Gasteiger partial charge in [0, 0.05) is 17.2 Å². The zero-order chi connectivity index (χ0) is 11.7. The van der Waals surface area contributed by atoms with Crippen molar-refractivity contribution in [2.45, 2.75) is 0 Å². The second-order valence-corrected chi connectivity index (χ2v) is 3.73. The molecule has 17 heavy (non-hydrogen) atoms. The topological polar surface area (TPSA) is 83.4 Å². The molecule has 0 atom stereocenters. The molecule has 0 amide bonds. The summed E-state index contributed by atoms with van der Waals surface area (Å²) in [5.41, 5.74) is 9.45. The fraction of sp³-hybridized carbons (Fsp3) is 0. The molecule has 0 aliphatic heterocycles. The van der Waals surface area contributed by atoms with Crippen molar-refractivity contribution in [1.29, 1.82) is 0 Å². The van der Waals surface area contributed by atoms with E-state index in [1.54, 1.807) is 12.3 Å². The van der Waals surface area contributed by atoms with E-state index in [1.807, 2.05) is 30.3 Å². The first-order chi connectivity index (χ1) is 8.34. The molecule has 0 unspecified atom stereocenters. The summed E-state index contributed by atoms with van der Waals surface area (Å²) in [5.74, 6) is 0.472. The fourth-order valence-electron chi connectivity index (χ4n) is 1.79. The van der Waals surface area contributed by atoms with Gasteiger partial charge in [0.15, 0.2) is 0 Å². The van der Waals surface area contributed by atoms with Gasteiger partial charge in [0.1, 0.15) is 5.82 Å². The first-order valence-corrected chi connectivity index (χ1v) is 5.24. The highest BCUT2D eigenvalue weighted by molar-refractivity contribution is 5.79. The minimum Gasteiger partial charge on any atom is -0.382 e. The number of nitrogens with two attached hydrogens (primary N) is 1. The molecule has 0 radical (unpaired) electrons. The lowest BCUT2D eigenvalue weighted by molar-refractivity contribution is 1.10. The van der Waals surface area contributed by atoms with Gasteiger partial charge in [-0.05, 0) is 0 Å². The number of hydrogen-bond acceptors (Lipinski definition) is 3. The summed E-state index contributed by atoms with van der Waals surface area (Å²) in [6, 6.07) is 11.8. The van der Waals surface area contributed by atoms with Gasteiger partial charge in [0.05, 0.1) is 17.6 Å². The number of nitrogens with zero attached hydrogens (tertiary/aromatic N) is 2. The molecule has 5 nitrogen and oxygen atoms in total. The maximum atomic E-state index is 5.60. The van der Waals surface area contributed by atoms with Gasteiger partial charge in [-0.15, -0.1) is 0 Å². The molecule has 84 valence electrons. The van der Waals surface area contributed by atoms with Gasteiger partial charge < -0.3 is 5.73 Å². The van der Waals surface area contributed by atoms with E-state index in [9.17, 15) is 0 Å². The lowest BCUT2D eigenvalue weighted by Crippen LogP contribution is -1.82. The van der Waals surface area contributed by atoms with E-state index in [-0.39, 0.29) is 0 Å². The average molecular weight is 225 g/mol. The smallest absolute Gasteiger partial charge is 0.145 e. The Kier molecular flexibility index (Phi) is 2.15. The quantitative estimate of drug-likeness (QED) is 0.624. The molecule has 4 N–H and O–H groups in total. The molecule has 3 rings (SSSR count). The molecule has 2 aromatic heterocycles. The SMILES string of the molecule is Nc1cc(-c2cn[nH]c2-c2ccccc2)[nH]n1. The first-order valence-electron chi connectivity index (χ1n) is 5.24. The number of hydrogen-bond donors (Lipinski definition) is 3. The second-order valence-electron chi connectivity index (χ2n) is 3.73. The second kappa shape index (κ2) is 3.79. The maximum absolute atomic E-state index is 5.60. The molecular formula is C12H11N5. The number of aromatic nitrogens is 4. The third-order valence-electron chi connectivity index (χ3n) is 2.59. The molecule has 0 aliphatic rings. The molecule has 3 aromatic rings. The summed E-state index contributed by atoms with van der Waals surface area (Å²) >= 11 is 0. The molecule has 0 fully saturated rings. The van der Waals surface area contributed by atoms with Gasteiger partial charge in [0.25, 0.3) is 0 Å². The zero-order valence-electron chi connectivity index (χ0n) is 9.01. The van der Waals surface area contributed by atoms with E-state index in [1.165, 1.54) is 0 Å². The van der Waals surface area contributed by atoms with E-state index >= 15 is 0 Å². The molecular weight excluding hydrogens is 214 g/mol. The van der Waals surface area contributed by atoms with Crippen LogP contribution < -0.4 is 5.73 Å². The van der Waals surface area contributed by atoms with Gasteiger partial charge in [-0.2, -0.15) is 10.2 Å². The number of rotatable bonds is 2. The van der Waals surface area contributed by atoms with Crippen LogP contribution in [0.5, 0.6) is 0 Å². The number of H-pyrrole nitrogens is 2. The first kappa shape index (κ1) is 9.65. The third-order valence-corrected chi connectivity index (χ3v) is 2.59. The number of benzene rings is 1. The number of aromatic amines is 2. The molecule has 2 heterocycles. The van der Waals surface area contributed by atoms with Gasteiger partial charge in [-0.1, -0.05) is 30.3 Å². The van der Waals surface area contributed by atoms with E-state index in [0.717, 1.165) is 22.5 Å². The predicted molar refractivity (Wildman–Crippen MR) is 66.0 cm³/mol. The summed E-state index contributed by atoms with van der Waals surface area (Å²) < 4.78 is 0. The Balaban J connectivity index is 2.12. The molecule has 0 spiro atoms. The Morgan fingerprint density at radius 1 is 1.06 bits per heavy atom. The van der Waals surface area contributed by atoms with Crippen LogP contribution in [0.4, 0.5) is 5.82 Å². The average Bonchev–Trinajstić information content (AvgIpc) is 2.98. The minimum absolute atomic E-state index is 0.472. The van der Waals surface area contributed by atoms with Gasteiger partial charge in [-0.3, -0.25) is 10.2 Å². The van der Waals surface area contributed by atoms with Crippen molar-refractivity contribution in [3.63, 3.8) is 0 Å². The van der Waals surface area contributed by atoms with Crippen molar-refractivity contribution in [3.05, 3.63) is 42.6 Å². The Labute approximate surface area is 97.7 Å². The normalized spacial score (nSPS) is 10.6. The number of anilines is 1. The Morgan fingerprint density at radius 2 is 1.88 bits per heavy atom. The third kappa shape index (κ3) is 1.67. The van der Waals surface area contributed by atoms with Crippen molar-refractivity contribution in [2.24, 2.45) is 0 Å². The molecule has 5 heteroatoms. The minimum atomic E-state index is 0.472. The van der Waals surface area contributed by atoms with Crippen molar-refractivity contribution in [3.8, 4) is 22.5 Å². The van der Waals surface area contributed by atoms with Crippen LogP contribution in [0.25, 0.3) is 22.5 Å². The molecule has 0 saturated carbocycles. The van der Waals surface area contributed by atoms with Crippen LogP contribution in [0.3, 0.4) is 0 Å². The van der Waals surface area contributed by atoms with Crippen LogP contribution in [-0.4, -0.2) is 20.4 Å². The maximum Gasteiger partial charge on any atom is 0.145 e. The van der Waals surface area contributed by atoms with Crippen LogP contribution >= 0.6 is 0 Å². The standard InChI is InChI=1S/C12H11N5/c13-11-6-10(15-16-11)9-7-14-17-12(9)8-4-2-1-3-5-8/h1-7H,(H,14,17)(H3,13,15,16). The molecule has 0 saturated heterocycles. The number of nitrogens with one attached hydrogen (secondary N) is 2. The van der Waals surface area contributed by atoms with E-state index in [4.69, 9.17) is 5.73 Å². The van der Waals surface area contributed by atoms with Crippen molar-refractivity contribution in [1.82, 2.24) is 20.4 Å². The van der Waals surface area contributed by atoms with Crippen LogP contribution in [0.1, 0.15) is 0 Å². The Hall–Kier alpha value is -2.56. The summed E-state index contributed by atoms with van der Waals surface area (Å²) in [6.07, 6.45) is 1.76. The van der Waals surface area contributed by atoms with Gasteiger partial charge >= 0.3 is 0 Å². The summed E-state index contributed by atoms with van der Waals surface area (Å²) in [6.45, 7) is 0. The van der Waals surface area contributed by atoms with E-state index in [0.29, 0.717) is 5.82 Å². The molecule has 1 aromatic carbocycles. The summed E-state index contributed by atoms with van der Waals surface area (Å²) in [5, 5.41) is 13.9. The van der Waals surface area contributed by atoms with Crippen molar-refractivity contribution < 1.29 is 0 Å². The summed E-state index contributed by atoms with van der Waals surface area (Å²) in [4.78, 5) is 0. The van der Waals surface area contributed by atoms with Crippen molar-refractivity contribution in [2.75, 3.05) is 5.73 Å². The predicted octanol–water partition coefficient (Wildman–Crippen LogP) is 2.05. The Morgan fingerprint density at radius 3 is 2.59 bits per heavy atom. The van der Waals surface area contributed by atoms with Crippen LogP contribution in [0, 0.1) is 0 Å². The number of nitrogen functional groups attached to an aromatic ring is 1. The highest BCUT2D eigenvalue weighted by Gasteiger charge is 2.11. The molecule has 0 bridgehead atoms. The fourth-order valence-corrected chi connectivity index (χ4v) is 1.79. The summed E-state index contributed by atoms with van der Waals surface area (Å²) in [7, 11) is 0. The largest absolute Gasteiger partial charge is 0.382 e. The van der Waals surface area contributed by atoms with Gasteiger partial charge in [0.2, 0.25) is 0 Å². The Bertz CT molecular complexity index is 623. The van der Waals surface area contributed by atoms with Crippen LogP contribution in [-0.2, 0) is 0 Å². The van der Waals surface area contributed by atoms with Gasteiger partial charge in [-0.25, -0.2) is 0 Å². The van der Waals surface area contributed by atoms with Crippen molar-refractivity contribution >= 4 is 5.82 Å². The van der Waals surface area contributed by atoms with Crippen LogP contribution in [0.15, 0.2) is 42.6 Å². The molecule has 0 aliphatic carbocycles. The van der Waals surface area contributed by atoms with E-state index in [2.05, 4.69) is 20.4 Å².